The topological polar surface area (TPSA) is 73.8 Å². The molecule has 26 heavy (non-hydrogen) atoms. The molecule has 0 fully saturated rings. The van der Waals surface area contributed by atoms with Crippen LogP contribution < -0.4 is 15.9 Å². The normalized spacial score (nSPS) is 11.2. The van der Waals surface area contributed by atoms with Crippen LogP contribution in [0.25, 0.3) is 16.6 Å². The van der Waals surface area contributed by atoms with Gasteiger partial charge < -0.3 is 9.15 Å². The summed E-state index contributed by atoms with van der Waals surface area (Å²) in [6.07, 6.45) is 1.71. The van der Waals surface area contributed by atoms with Crippen LogP contribution in [-0.2, 0) is 6.61 Å². The van der Waals surface area contributed by atoms with Crippen LogP contribution in [0.3, 0.4) is 0 Å². The molecule has 3 aromatic heterocycles. The van der Waals surface area contributed by atoms with E-state index in [-0.39, 0.29) is 12.2 Å². The van der Waals surface area contributed by atoms with Crippen molar-refractivity contribution in [3.8, 4) is 5.75 Å². The van der Waals surface area contributed by atoms with Gasteiger partial charge in [0, 0.05) is 29.8 Å². The minimum atomic E-state index is -0.397. The van der Waals surface area contributed by atoms with Gasteiger partial charge in [-0.15, -0.1) is 0 Å². The summed E-state index contributed by atoms with van der Waals surface area (Å²) < 4.78 is 12.5. The summed E-state index contributed by atoms with van der Waals surface area (Å²) in [6, 6.07) is 11.9. The van der Waals surface area contributed by atoms with Crippen LogP contribution in [0.15, 0.2) is 62.7 Å². The molecule has 0 bridgehead atoms. The Labute approximate surface area is 148 Å². The molecule has 0 saturated carbocycles. The monoisotopic (exact) mass is 348 g/mol. The first-order chi connectivity index (χ1) is 12.5. The summed E-state index contributed by atoms with van der Waals surface area (Å²) >= 11 is 0. The highest BCUT2D eigenvalue weighted by Gasteiger charge is 2.07. The molecule has 6 heteroatoms. The zero-order valence-electron chi connectivity index (χ0n) is 14.4. The van der Waals surface area contributed by atoms with Crippen LogP contribution in [0.2, 0.25) is 0 Å². The van der Waals surface area contributed by atoms with Crippen molar-refractivity contribution in [2.75, 3.05) is 0 Å². The third kappa shape index (κ3) is 2.97. The van der Waals surface area contributed by atoms with E-state index in [1.165, 1.54) is 16.5 Å². The lowest BCUT2D eigenvalue weighted by atomic mass is 10.1. The van der Waals surface area contributed by atoms with Crippen molar-refractivity contribution in [2.24, 2.45) is 0 Å². The van der Waals surface area contributed by atoms with Crippen LogP contribution in [0, 0.1) is 13.8 Å². The van der Waals surface area contributed by atoms with Crippen molar-refractivity contribution in [3.63, 3.8) is 0 Å². The smallest absolute Gasteiger partial charge is 0.336 e. The predicted molar refractivity (Wildman–Crippen MR) is 97.8 cm³/mol. The fraction of sp³-hybridized carbons (Fsp3) is 0.150. The van der Waals surface area contributed by atoms with E-state index >= 15 is 0 Å². The van der Waals surface area contributed by atoms with Gasteiger partial charge in [0.2, 0.25) is 0 Å². The van der Waals surface area contributed by atoms with Crippen molar-refractivity contribution >= 4 is 16.6 Å². The Bertz CT molecular complexity index is 1250. The number of benzene rings is 1. The van der Waals surface area contributed by atoms with Gasteiger partial charge in [-0.2, -0.15) is 0 Å². The summed E-state index contributed by atoms with van der Waals surface area (Å²) in [4.78, 5) is 28.2. The fourth-order valence-electron chi connectivity index (χ4n) is 2.88. The molecule has 0 N–H and O–H groups in total. The summed E-state index contributed by atoms with van der Waals surface area (Å²) in [5.41, 5.74) is 2.90. The summed E-state index contributed by atoms with van der Waals surface area (Å²) in [5, 5.41) is 0.856. The molecule has 0 amide bonds. The number of aromatic nitrogens is 2. The number of fused-ring (bicyclic) bond motifs is 2. The zero-order chi connectivity index (χ0) is 18.3. The van der Waals surface area contributed by atoms with Gasteiger partial charge in [-0.1, -0.05) is 0 Å². The average molecular weight is 348 g/mol. The second-order valence-corrected chi connectivity index (χ2v) is 6.21. The lowest BCUT2D eigenvalue weighted by Gasteiger charge is -2.08. The highest BCUT2D eigenvalue weighted by Crippen LogP contribution is 2.22. The molecule has 0 aliphatic carbocycles. The summed E-state index contributed by atoms with van der Waals surface area (Å²) in [7, 11) is 0. The molecule has 4 aromatic rings. The average Bonchev–Trinajstić information content (AvgIpc) is 2.59. The van der Waals surface area contributed by atoms with Crippen molar-refractivity contribution in [2.45, 2.75) is 20.5 Å². The van der Waals surface area contributed by atoms with Gasteiger partial charge in [0.25, 0.3) is 5.56 Å². The minimum Gasteiger partial charge on any atom is -0.487 e. The number of hydrogen-bond acceptors (Lipinski definition) is 5. The van der Waals surface area contributed by atoms with Crippen LogP contribution in [-0.4, -0.2) is 9.38 Å². The molecule has 3 heterocycles. The molecule has 0 unspecified atom stereocenters. The van der Waals surface area contributed by atoms with Gasteiger partial charge in [-0.25, -0.2) is 9.78 Å². The first-order valence-corrected chi connectivity index (χ1v) is 8.16. The molecule has 0 radical (unpaired) electrons. The second-order valence-electron chi connectivity index (χ2n) is 6.21. The van der Waals surface area contributed by atoms with E-state index in [2.05, 4.69) is 4.98 Å². The predicted octanol–water partition coefficient (Wildman–Crippen LogP) is 3.00. The van der Waals surface area contributed by atoms with Crippen molar-refractivity contribution in [1.82, 2.24) is 9.38 Å². The van der Waals surface area contributed by atoms with Crippen LogP contribution in [0.1, 0.15) is 16.8 Å². The van der Waals surface area contributed by atoms with Crippen molar-refractivity contribution in [1.29, 1.82) is 0 Å². The summed E-state index contributed by atoms with van der Waals surface area (Å²) in [6.45, 7) is 3.94. The molecule has 0 spiro atoms. The third-order valence-corrected chi connectivity index (χ3v) is 4.19. The molecule has 0 aliphatic heterocycles. The number of rotatable bonds is 3. The maximum atomic E-state index is 12.2. The van der Waals surface area contributed by atoms with E-state index in [4.69, 9.17) is 9.15 Å². The van der Waals surface area contributed by atoms with Crippen molar-refractivity contribution in [3.05, 3.63) is 86.3 Å². The quantitative estimate of drug-likeness (QED) is 0.532. The van der Waals surface area contributed by atoms with Crippen LogP contribution in [0.5, 0.6) is 5.75 Å². The first-order valence-electron chi connectivity index (χ1n) is 8.16. The van der Waals surface area contributed by atoms with Gasteiger partial charge in [0.05, 0.1) is 5.69 Å². The third-order valence-electron chi connectivity index (χ3n) is 4.19. The number of hydrogen-bond donors (Lipinski definition) is 0. The SMILES string of the molecule is Cc1ccn2c(=O)cc(COc3ccc4c(C)cc(=O)oc4c3)nc2c1. The van der Waals surface area contributed by atoms with E-state index < -0.39 is 5.63 Å². The largest absolute Gasteiger partial charge is 0.487 e. The molecule has 6 nitrogen and oxygen atoms in total. The van der Waals surface area contributed by atoms with Crippen LogP contribution in [0.4, 0.5) is 0 Å². The number of ether oxygens (including phenoxy) is 1. The number of aryl methyl sites for hydroxylation is 2. The van der Waals surface area contributed by atoms with E-state index in [0.717, 1.165) is 16.5 Å². The Morgan fingerprint density at radius 1 is 1.08 bits per heavy atom. The minimum absolute atomic E-state index is 0.140. The van der Waals surface area contributed by atoms with Gasteiger partial charge in [-0.05, 0) is 49.2 Å². The maximum Gasteiger partial charge on any atom is 0.336 e. The second kappa shape index (κ2) is 6.15. The first kappa shape index (κ1) is 16.1. The van der Waals surface area contributed by atoms with E-state index in [1.807, 2.05) is 32.0 Å². The van der Waals surface area contributed by atoms with E-state index in [0.29, 0.717) is 22.7 Å². The molecule has 1 aromatic carbocycles. The number of pyridine rings is 1. The van der Waals surface area contributed by atoms with Gasteiger partial charge in [0.1, 0.15) is 23.6 Å². The highest BCUT2D eigenvalue weighted by atomic mass is 16.5. The Balaban J connectivity index is 1.65. The highest BCUT2D eigenvalue weighted by molar-refractivity contribution is 5.81. The molecule has 130 valence electrons. The molecule has 0 atom stereocenters. The maximum absolute atomic E-state index is 12.2. The Kier molecular flexibility index (Phi) is 3.80. The zero-order valence-corrected chi connectivity index (χ0v) is 14.4. The lowest BCUT2D eigenvalue weighted by Crippen LogP contribution is -2.16. The Hall–Kier alpha value is -3.41. The molecular formula is C20H16N2O4. The summed E-state index contributed by atoms with van der Waals surface area (Å²) in [5.74, 6) is 0.539. The van der Waals surface area contributed by atoms with Gasteiger partial charge in [0.15, 0.2) is 0 Å². The molecular weight excluding hydrogens is 332 g/mol. The lowest BCUT2D eigenvalue weighted by molar-refractivity contribution is 0.301. The Morgan fingerprint density at radius 3 is 2.77 bits per heavy atom. The number of nitrogens with zero attached hydrogens (tertiary/aromatic N) is 2. The fourth-order valence-corrected chi connectivity index (χ4v) is 2.88. The molecule has 0 aliphatic rings. The standard InChI is InChI=1S/C20H16N2O4/c1-12-5-6-22-18(7-12)21-14(9-19(22)23)11-25-15-3-4-16-13(2)8-20(24)26-17(16)10-15/h3-10H,11H2,1-2H3. The molecule has 0 saturated heterocycles. The van der Waals surface area contributed by atoms with E-state index in [1.54, 1.807) is 18.3 Å². The van der Waals surface area contributed by atoms with Crippen LogP contribution >= 0.6 is 0 Å². The van der Waals surface area contributed by atoms with E-state index in [9.17, 15) is 9.59 Å². The molecule has 4 rings (SSSR count). The van der Waals surface area contributed by atoms with Gasteiger partial charge >= 0.3 is 5.63 Å². The Morgan fingerprint density at radius 2 is 1.92 bits per heavy atom. The van der Waals surface area contributed by atoms with Gasteiger partial charge in [-0.3, -0.25) is 9.20 Å². The van der Waals surface area contributed by atoms with Crippen molar-refractivity contribution < 1.29 is 9.15 Å².